The van der Waals surface area contributed by atoms with Gasteiger partial charge in [0.25, 0.3) is 10.0 Å². The van der Waals surface area contributed by atoms with Gasteiger partial charge < -0.3 is 4.74 Å². The molecule has 0 radical (unpaired) electrons. The Morgan fingerprint density at radius 3 is 2.70 bits per heavy atom. The smallest absolute Gasteiger partial charge is 0.268 e. The van der Waals surface area contributed by atoms with Crippen LogP contribution >= 0.6 is 11.3 Å². The number of methoxy groups -OCH3 is 1. The maximum absolute atomic E-state index is 13.6. The highest BCUT2D eigenvalue weighted by atomic mass is 32.2. The Balaban J connectivity index is 1.86. The second-order valence-electron chi connectivity index (χ2n) is 6.60. The Morgan fingerprint density at radius 1 is 1.22 bits per heavy atom. The van der Waals surface area contributed by atoms with E-state index in [1.165, 1.54) is 22.8 Å². The first-order valence-corrected chi connectivity index (χ1v) is 11.0. The normalized spacial score (nSPS) is 16.4. The van der Waals surface area contributed by atoms with Gasteiger partial charge in [-0.15, -0.1) is 11.3 Å². The van der Waals surface area contributed by atoms with Crippen LogP contribution in [0, 0.1) is 6.92 Å². The van der Waals surface area contributed by atoms with Gasteiger partial charge in [0.05, 0.1) is 23.5 Å². The van der Waals surface area contributed by atoms with E-state index in [1.807, 2.05) is 49.6 Å². The average molecular weight is 401 g/mol. The van der Waals surface area contributed by atoms with Crippen molar-refractivity contribution in [3.05, 3.63) is 58.4 Å². The Kier molecular flexibility index (Phi) is 4.44. The molecule has 1 aliphatic heterocycles. The number of anilines is 1. The fourth-order valence-corrected chi connectivity index (χ4v) is 6.04. The zero-order valence-electron chi connectivity index (χ0n) is 15.3. The lowest BCUT2D eigenvalue weighted by atomic mass is 10.1. The van der Waals surface area contributed by atoms with Crippen LogP contribution in [0.2, 0.25) is 0 Å². The minimum absolute atomic E-state index is 0.151. The number of rotatable bonds is 4. The molecule has 0 fully saturated rings. The molecule has 0 unspecified atom stereocenters. The molecule has 2 aromatic carbocycles. The van der Waals surface area contributed by atoms with Gasteiger partial charge in [-0.2, -0.15) is 0 Å². The molecule has 0 amide bonds. The lowest BCUT2D eigenvalue weighted by molar-refractivity contribution is 0.402. The van der Waals surface area contributed by atoms with E-state index in [2.05, 4.69) is 4.98 Å². The van der Waals surface area contributed by atoms with Crippen LogP contribution in [0.4, 0.5) is 5.69 Å². The maximum atomic E-state index is 13.6. The zero-order valence-corrected chi connectivity index (χ0v) is 17.0. The summed E-state index contributed by atoms with van der Waals surface area (Å²) in [5.74, 6) is 0.335. The van der Waals surface area contributed by atoms with E-state index in [4.69, 9.17) is 4.74 Å². The molecule has 7 heteroatoms. The second kappa shape index (κ2) is 6.65. The largest absolute Gasteiger partial charge is 0.495 e. The van der Waals surface area contributed by atoms with Crippen LogP contribution in [0.25, 0.3) is 11.3 Å². The molecule has 0 N–H and O–H groups in total. The molecule has 3 aromatic rings. The number of hydrogen-bond donors (Lipinski definition) is 0. The van der Waals surface area contributed by atoms with E-state index < -0.39 is 10.0 Å². The minimum atomic E-state index is -3.78. The van der Waals surface area contributed by atoms with Crippen molar-refractivity contribution in [3.8, 4) is 17.0 Å². The number of thiazole rings is 1. The summed E-state index contributed by atoms with van der Waals surface area (Å²) in [5, 5.41) is 2.87. The van der Waals surface area contributed by atoms with Crippen LogP contribution in [0.15, 0.2) is 52.7 Å². The van der Waals surface area contributed by atoms with Crippen molar-refractivity contribution in [2.45, 2.75) is 31.2 Å². The fraction of sp³-hybridized carbons (Fsp3) is 0.250. The average Bonchev–Trinajstić information content (AvgIpc) is 3.23. The van der Waals surface area contributed by atoms with Crippen LogP contribution in [0.1, 0.15) is 17.5 Å². The van der Waals surface area contributed by atoms with E-state index in [9.17, 15) is 8.42 Å². The van der Waals surface area contributed by atoms with Crippen molar-refractivity contribution in [1.29, 1.82) is 0 Å². The molecule has 0 bridgehead atoms. The highest BCUT2D eigenvalue weighted by molar-refractivity contribution is 7.93. The molecule has 0 saturated carbocycles. The Hall–Kier alpha value is -2.38. The summed E-state index contributed by atoms with van der Waals surface area (Å²) >= 11 is 1.54. The molecule has 140 valence electrons. The summed E-state index contributed by atoms with van der Waals surface area (Å²) < 4.78 is 34.1. The monoisotopic (exact) mass is 400 g/mol. The van der Waals surface area contributed by atoms with E-state index in [1.54, 1.807) is 12.1 Å². The molecule has 4 rings (SSSR count). The van der Waals surface area contributed by atoms with E-state index in [0.717, 1.165) is 27.5 Å². The molecule has 0 spiro atoms. The topological polar surface area (TPSA) is 59.5 Å². The van der Waals surface area contributed by atoms with Crippen LogP contribution in [-0.2, 0) is 16.4 Å². The Morgan fingerprint density at radius 2 is 2.00 bits per heavy atom. The van der Waals surface area contributed by atoms with Crippen molar-refractivity contribution < 1.29 is 13.2 Å². The van der Waals surface area contributed by atoms with E-state index >= 15 is 0 Å². The molecule has 1 aromatic heterocycles. The van der Waals surface area contributed by atoms with Gasteiger partial charge in [0.15, 0.2) is 0 Å². The van der Waals surface area contributed by atoms with Crippen LogP contribution in [0.3, 0.4) is 0 Å². The number of fused-ring (bicyclic) bond motifs is 1. The van der Waals surface area contributed by atoms with Gasteiger partial charge in [-0.1, -0.05) is 18.2 Å². The minimum Gasteiger partial charge on any atom is -0.495 e. The molecule has 0 saturated heterocycles. The molecular weight excluding hydrogens is 380 g/mol. The second-order valence-corrected chi connectivity index (χ2v) is 9.45. The first-order chi connectivity index (χ1) is 12.9. The zero-order chi connectivity index (χ0) is 19.2. The van der Waals surface area contributed by atoms with Crippen molar-refractivity contribution in [3.63, 3.8) is 0 Å². The number of hydrogen-bond acceptors (Lipinski definition) is 5. The molecule has 2 heterocycles. The summed E-state index contributed by atoms with van der Waals surface area (Å²) in [6.07, 6.45) is 0.697. The summed E-state index contributed by atoms with van der Waals surface area (Å²) in [5.41, 5.74) is 3.31. The lowest BCUT2D eigenvalue weighted by Crippen LogP contribution is -2.35. The standard InChI is InChI=1S/C20H20N2O3S2/c1-13-10-16-6-4-5-7-18(16)22(13)27(23,24)20-11-15(8-9-19(20)25-3)17-12-26-14(2)21-17/h4-9,11-13H,10H2,1-3H3/t13-/m0/s1. The lowest BCUT2D eigenvalue weighted by Gasteiger charge is -2.25. The van der Waals surface area contributed by atoms with Crippen LogP contribution < -0.4 is 9.04 Å². The predicted octanol–water partition coefficient (Wildman–Crippen LogP) is 4.27. The Labute approximate surface area is 163 Å². The predicted molar refractivity (Wildman–Crippen MR) is 108 cm³/mol. The highest BCUT2D eigenvalue weighted by Gasteiger charge is 2.37. The highest BCUT2D eigenvalue weighted by Crippen LogP contribution is 2.40. The third kappa shape index (κ3) is 3.00. The summed E-state index contributed by atoms with van der Waals surface area (Å²) in [4.78, 5) is 4.64. The third-order valence-corrected chi connectivity index (χ3v) is 7.48. The van der Waals surface area contributed by atoms with E-state index in [0.29, 0.717) is 12.2 Å². The molecular formula is C20H20N2O3S2. The van der Waals surface area contributed by atoms with Gasteiger partial charge in [0.2, 0.25) is 0 Å². The number of benzene rings is 2. The molecule has 0 aliphatic carbocycles. The van der Waals surface area contributed by atoms with Gasteiger partial charge in [-0.3, -0.25) is 4.31 Å². The Bertz CT molecular complexity index is 1110. The van der Waals surface area contributed by atoms with Gasteiger partial charge in [-0.25, -0.2) is 13.4 Å². The van der Waals surface area contributed by atoms with Crippen molar-refractivity contribution in [2.75, 3.05) is 11.4 Å². The first kappa shape index (κ1) is 18.0. The van der Waals surface area contributed by atoms with Crippen LogP contribution in [-0.4, -0.2) is 26.6 Å². The number of aromatic nitrogens is 1. The SMILES string of the molecule is COc1ccc(-c2csc(C)n2)cc1S(=O)(=O)N1c2ccccc2C[C@@H]1C. The van der Waals surface area contributed by atoms with Gasteiger partial charge in [-0.05, 0) is 50.1 Å². The number of nitrogens with zero attached hydrogens (tertiary/aromatic N) is 2. The van der Waals surface area contributed by atoms with Crippen molar-refractivity contribution in [1.82, 2.24) is 4.98 Å². The molecule has 5 nitrogen and oxygen atoms in total. The first-order valence-electron chi connectivity index (χ1n) is 8.64. The van der Waals surface area contributed by atoms with Crippen LogP contribution in [0.5, 0.6) is 5.75 Å². The quantitative estimate of drug-likeness (QED) is 0.656. The van der Waals surface area contributed by atoms with Crippen molar-refractivity contribution >= 4 is 27.0 Å². The summed E-state index contributed by atoms with van der Waals surface area (Å²) in [7, 11) is -2.30. The van der Waals surface area contributed by atoms with Gasteiger partial charge in [0.1, 0.15) is 10.6 Å². The van der Waals surface area contributed by atoms with E-state index in [-0.39, 0.29) is 10.9 Å². The fourth-order valence-electron chi connectivity index (χ4n) is 3.54. The van der Waals surface area contributed by atoms with Gasteiger partial charge in [0, 0.05) is 17.0 Å². The third-order valence-electron chi connectivity index (χ3n) is 4.76. The summed E-state index contributed by atoms with van der Waals surface area (Å²) in [6.45, 7) is 3.86. The molecule has 1 aliphatic rings. The summed E-state index contributed by atoms with van der Waals surface area (Å²) in [6, 6.07) is 12.7. The number of ether oxygens (including phenoxy) is 1. The molecule has 27 heavy (non-hydrogen) atoms. The number of para-hydroxylation sites is 1. The van der Waals surface area contributed by atoms with Gasteiger partial charge >= 0.3 is 0 Å². The molecule has 1 atom stereocenters. The number of aryl methyl sites for hydroxylation is 1. The maximum Gasteiger partial charge on any atom is 0.268 e. The van der Waals surface area contributed by atoms with Crippen molar-refractivity contribution in [2.24, 2.45) is 0 Å². The number of sulfonamides is 1.